The maximum absolute atomic E-state index is 12.3. The fraction of sp³-hybridized carbons (Fsp3) is 0.412. The SMILES string of the molecule is CCCCC(=O)Nc1nnc([C@@H]2CC(=O)N(c3ccccc3)C2)s1. The Morgan fingerprint density at radius 3 is 2.88 bits per heavy atom. The molecule has 2 aromatic rings. The van der Waals surface area contributed by atoms with Gasteiger partial charge in [-0.3, -0.25) is 9.59 Å². The molecule has 1 aromatic carbocycles. The first kappa shape index (κ1) is 16.6. The van der Waals surface area contributed by atoms with E-state index in [9.17, 15) is 9.59 Å². The summed E-state index contributed by atoms with van der Waals surface area (Å²) in [5.74, 6) is 0.0828. The minimum atomic E-state index is -0.0343. The van der Waals surface area contributed by atoms with Crippen LogP contribution in [-0.2, 0) is 9.59 Å². The average molecular weight is 344 g/mol. The highest BCUT2D eigenvalue weighted by Gasteiger charge is 2.33. The Bertz CT molecular complexity index is 716. The number of carbonyl (C=O) groups excluding carboxylic acids is 2. The van der Waals surface area contributed by atoms with E-state index in [-0.39, 0.29) is 17.7 Å². The van der Waals surface area contributed by atoms with Crippen molar-refractivity contribution in [3.8, 4) is 0 Å². The lowest BCUT2D eigenvalue weighted by molar-refractivity contribution is -0.117. The lowest BCUT2D eigenvalue weighted by Crippen LogP contribution is -2.24. The summed E-state index contributed by atoms with van der Waals surface area (Å²) in [4.78, 5) is 25.8. The fourth-order valence-corrected chi connectivity index (χ4v) is 3.55. The second-order valence-corrected chi connectivity index (χ2v) is 6.85. The zero-order valence-corrected chi connectivity index (χ0v) is 14.4. The molecule has 0 saturated carbocycles. The molecule has 1 saturated heterocycles. The lowest BCUT2D eigenvalue weighted by Gasteiger charge is -2.15. The highest BCUT2D eigenvalue weighted by molar-refractivity contribution is 7.15. The maximum atomic E-state index is 12.3. The molecule has 1 aliphatic rings. The van der Waals surface area contributed by atoms with Gasteiger partial charge in [0, 0.05) is 31.0 Å². The average Bonchev–Trinajstić information content (AvgIpc) is 3.20. The monoisotopic (exact) mass is 344 g/mol. The topological polar surface area (TPSA) is 75.2 Å². The molecular formula is C17H20N4O2S. The Kier molecular flexibility index (Phi) is 5.20. The molecule has 0 spiro atoms. The van der Waals surface area contributed by atoms with Crippen LogP contribution in [0, 0.1) is 0 Å². The first-order valence-electron chi connectivity index (χ1n) is 8.16. The van der Waals surface area contributed by atoms with Crippen molar-refractivity contribution in [2.45, 2.75) is 38.5 Å². The second-order valence-electron chi connectivity index (χ2n) is 5.84. The molecule has 24 heavy (non-hydrogen) atoms. The third kappa shape index (κ3) is 3.79. The Morgan fingerprint density at radius 2 is 2.12 bits per heavy atom. The van der Waals surface area contributed by atoms with Gasteiger partial charge in [-0.15, -0.1) is 10.2 Å². The molecule has 1 aromatic heterocycles. The van der Waals surface area contributed by atoms with Crippen LogP contribution in [0.25, 0.3) is 0 Å². The van der Waals surface area contributed by atoms with Gasteiger partial charge in [-0.2, -0.15) is 0 Å². The van der Waals surface area contributed by atoms with E-state index in [0.29, 0.717) is 24.5 Å². The van der Waals surface area contributed by atoms with Crippen molar-refractivity contribution < 1.29 is 9.59 Å². The van der Waals surface area contributed by atoms with Gasteiger partial charge in [-0.05, 0) is 18.6 Å². The largest absolute Gasteiger partial charge is 0.312 e. The molecule has 0 bridgehead atoms. The van der Waals surface area contributed by atoms with Gasteiger partial charge in [0.1, 0.15) is 5.01 Å². The minimum absolute atomic E-state index is 0.0245. The van der Waals surface area contributed by atoms with E-state index in [4.69, 9.17) is 0 Å². The van der Waals surface area contributed by atoms with E-state index >= 15 is 0 Å². The number of nitrogens with zero attached hydrogens (tertiary/aromatic N) is 3. The smallest absolute Gasteiger partial charge is 0.227 e. The van der Waals surface area contributed by atoms with Gasteiger partial charge in [0.05, 0.1) is 0 Å². The van der Waals surface area contributed by atoms with Gasteiger partial charge in [-0.25, -0.2) is 0 Å². The Balaban J connectivity index is 1.64. The first-order chi connectivity index (χ1) is 11.7. The summed E-state index contributed by atoms with van der Waals surface area (Å²) in [6.45, 7) is 2.65. The van der Waals surface area contributed by atoms with E-state index in [1.807, 2.05) is 37.3 Å². The van der Waals surface area contributed by atoms with Crippen molar-refractivity contribution in [1.29, 1.82) is 0 Å². The molecular weight excluding hydrogens is 324 g/mol. The summed E-state index contributed by atoms with van der Waals surface area (Å²) in [6, 6.07) is 9.63. The number of nitrogens with one attached hydrogen (secondary N) is 1. The highest BCUT2D eigenvalue weighted by atomic mass is 32.1. The predicted octanol–water partition coefficient (Wildman–Crippen LogP) is 3.19. The molecule has 1 fully saturated rings. The van der Waals surface area contributed by atoms with E-state index in [1.54, 1.807) is 4.90 Å². The van der Waals surface area contributed by atoms with Gasteiger partial charge in [0.2, 0.25) is 16.9 Å². The highest BCUT2D eigenvalue weighted by Crippen LogP contribution is 2.34. The first-order valence-corrected chi connectivity index (χ1v) is 8.97. The zero-order valence-electron chi connectivity index (χ0n) is 13.6. The van der Waals surface area contributed by atoms with Gasteiger partial charge in [0.25, 0.3) is 0 Å². The van der Waals surface area contributed by atoms with E-state index in [2.05, 4.69) is 15.5 Å². The number of unbranched alkanes of at least 4 members (excludes halogenated alkanes) is 1. The fourth-order valence-electron chi connectivity index (χ4n) is 2.70. The summed E-state index contributed by atoms with van der Waals surface area (Å²) in [7, 11) is 0. The third-order valence-corrected chi connectivity index (χ3v) is 4.99. The number of aromatic nitrogens is 2. The number of rotatable bonds is 6. The van der Waals surface area contributed by atoms with Crippen LogP contribution in [0.3, 0.4) is 0 Å². The number of hydrogen-bond donors (Lipinski definition) is 1. The molecule has 6 nitrogen and oxygen atoms in total. The number of para-hydroxylation sites is 1. The van der Waals surface area contributed by atoms with Gasteiger partial charge < -0.3 is 10.2 Å². The van der Waals surface area contributed by atoms with Crippen LogP contribution in [0.2, 0.25) is 0 Å². The number of benzene rings is 1. The van der Waals surface area contributed by atoms with Crippen LogP contribution in [0.4, 0.5) is 10.8 Å². The number of hydrogen-bond acceptors (Lipinski definition) is 5. The second kappa shape index (κ2) is 7.53. The van der Waals surface area contributed by atoms with E-state index in [0.717, 1.165) is 23.5 Å². The number of anilines is 2. The van der Waals surface area contributed by atoms with Crippen LogP contribution in [0.1, 0.15) is 43.5 Å². The number of amides is 2. The molecule has 1 atom stereocenters. The maximum Gasteiger partial charge on any atom is 0.227 e. The molecule has 0 radical (unpaired) electrons. The molecule has 1 N–H and O–H groups in total. The van der Waals surface area contributed by atoms with Crippen molar-refractivity contribution >= 4 is 34.0 Å². The van der Waals surface area contributed by atoms with Crippen molar-refractivity contribution in [3.63, 3.8) is 0 Å². The minimum Gasteiger partial charge on any atom is -0.312 e. The molecule has 0 unspecified atom stereocenters. The molecule has 2 amide bonds. The number of carbonyl (C=O) groups is 2. The Hall–Kier alpha value is -2.28. The Morgan fingerprint density at radius 1 is 1.33 bits per heavy atom. The van der Waals surface area contributed by atoms with E-state index in [1.165, 1.54) is 11.3 Å². The van der Waals surface area contributed by atoms with E-state index < -0.39 is 0 Å². The molecule has 0 aliphatic carbocycles. The van der Waals surface area contributed by atoms with Crippen molar-refractivity contribution in [2.75, 3.05) is 16.8 Å². The predicted molar refractivity (Wildman–Crippen MR) is 94.2 cm³/mol. The zero-order chi connectivity index (χ0) is 16.9. The molecule has 7 heteroatoms. The molecule has 126 valence electrons. The van der Waals surface area contributed by atoms with Crippen LogP contribution < -0.4 is 10.2 Å². The molecule has 1 aliphatic heterocycles. The van der Waals surface area contributed by atoms with Crippen molar-refractivity contribution in [2.24, 2.45) is 0 Å². The van der Waals surface area contributed by atoms with Crippen molar-refractivity contribution in [1.82, 2.24) is 10.2 Å². The normalized spacial score (nSPS) is 17.3. The quantitative estimate of drug-likeness (QED) is 0.873. The van der Waals surface area contributed by atoms with Crippen LogP contribution in [0.15, 0.2) is 30.3 Å². The summed E-state index contributed by atoms with van der Waals surface area (Å²) in [5, 5.41) is 12.3. The standard InChI is InChI=1S/C17H20N4O2S/c1-2-3-9-14(22)18-17-20-19-16(24-17)12-10-15(23)21(11-12)13-7-5-4-6-8-13/h4-8,12H,2-3,9-11H2,1H3,(H,18,20,22)/t12-/m1/s1. The Labute approximate surface area is 144 Å². The molecule has 2 heterocycles. The van der Waals surface area contributed by atoms with Crippen LogP contribution >= 0.6 is 11.3 Å². The van der Waals surface area contributed by atoms with Gasteiger partial charge in [0.15, 0.2) is 0 Å². The third-order valence-electron chi connectivity index (χ3n) is 3.99. The summed E-state index contributed by atoms with van der Waals surface area (Å²) in [5.41, 5.74) is 0.905. The van der Waals surface area contributed by atoms with Gasteiger partial charge in [-0.1, -0.05) is 42.9 Å². The molecule has 3 rings (SSSR count). The van der Waals surface area contributed by atoms with Crippen LogP contribution in [0.5, 0.6) is 0 Å². The summed E-state index contributed by atoms with van der Waals surface area (Å²) < 4.78 is 0. The summed E-state index contributed by atoms with van der Waals surface area (Å²) in [6.07, 6.45) is 2.76. The van der Waals surface area contributed by atoms with Crippen molar-refractivity contribution in [3.05, 3.63) is 35.3 Å². The van der Waals surface area contributed by atoms with Gasteiger partial charge >= 0.3 is 0 Å². The summed E-state index contributed by atoms with van der Waals surface area (Å²) >= 11 is 1.36. The lowest BCUT2D eigenvalue weighted by atomic mass is 10.1. The van der Waals surface area contributed by atoms with Crippen LogP contribution in [-0.4, -0.2) is 28.6 Å².